The highest BCUT2D eigenvalue weighted by Crippen LogP contribution is 2.41. The lowest BCUT2D eigenvalue weighted by atomic mass is 9.72. The summed E-state index contributed by atoms with van der Waals surface area (Å²) in [5.74, 6) is 5.57. The van der Waals surface area contributed by atoms with Gasteiger partial charge in [0.05, 0.1) is 0 Å². The van der Waals surface area contributed by atoms with E-state index in [9.17, 15) is 8.78 Å². The third-order valence-corrected chi connectivity index (χ3v) is 6.37. The molecule has 2 heteroatoms. The second kappa shape index (κ2) is 9.43. The zero-order valence-electron chi connectivity index (χ0n) is 17.6. The lowest BCUT2D eigenvalue weighted by Crippen LogP contribution is -2.20. The third-order valence-electron chi connectivity index (χ3n) is 6.37. The predicted octanol–water partition coefficient (Wildman–Crippen LogP) is 7.79. The van der Waals surface area contributed by atoms with E-state index in [1.165, 1.54) is 60.1 Å². The fraction of sp³-hybridized carbons (Fsp3) is 0.357. The van der Waals surface area contributed by atoms with Gasteiger partial charge in [-0.25, -0.2) is 8.78 Å². The van der Waals surface area contributed by atoms with Gasteiger partial charge in [0.2, 0.25) is 0 Å². The van der Waals surface area contributed by atoms with Crippen molar-refractivity contribution in [1.29, 1.82) is 0 Å². The molecule has 30 heavy (non-hydrogen) atoms. The first kappa shape index (κ1) is 20.6. The molecule has 0 aromatic heterocycles. The number of fused-ring (bicyclic) bond motifs is 3. The van der Waals surface area contributed by atoms with Crippen LogP contribution in [0.1, 0.15) is 68.1 Å². The van der Waals surface area contributed by atoms with Gasteiger partial charge in [-0.2, -0.15) is 0 Å². The molecule has 0 aliphatic heterocycles. The van der Waals surface area contributed by atoms with Gasteiger partial charge in [0.25, 0.3) is 0 Å². The van der Waals surface area contributed by atoms with Crippen molar-refractivity contribution in [3.05, 3.63) is 82.9 Å². The molecule has 0 fully saturated rings. The Kier molecular flexibility index (Phi) is 6.48. The van der Waals surface area contributed by atoms with Crippen LogP contribution in [-0.4, -0.2) is 0 Å². The molecule has 0 heterocycles. The predicted molar refractivity (Wildman–Crippen MR) is 120 cm³/mol. The molecule has 154 valence electrons. The first-order valence-electron chi connectivity index (χ1n) is 11.1. The Morgan fingerprint density at radius 3 is 2.63 bits per heavy atom. The molecule has 0 radical (unpaired) electrons. The highest BCUT2D eigenvalue weighted by atomic mass is 19.2. The summed E-state index contributed by atoms with van der Waals surface area (Å²) >= 11 is 0. The van der Waals surface area contributed by atoms with Crippen LogP contribution in [0.25, 0.3) is 10.8 Å². The van der Waals surface area contributed by atoms with E-state index in [2.05, 4.69) is 55.2 Å². The molecule has 2 atom stereocenters. The van der Waals surface area contributed by atoms with Gasteiger partial charge in [0, 0.05) is 11.5 Å². The van der Waals surface area contributed by atoms with Crippen LogP contribution >= 0.6 is 0 Å². The molecule has 0 saturated heterocycles. The van der Waals surface area contributed by atoms with E-state index in [0.29, 0.717) is 11.5 Å². The maximum absolute atomic E-state index is 13.6. The number of halogens is 2. The first-order chi connectivity index (χ1) is 14.7. The number of aryl methyl sites for hydroxylation is 1. The SMILES string of the molecule is CCCCCC[C@@H]1CCc2c(ccc3ccccc23)[C@H]1C#Cc1ccc(F)c(F)c1. The van der Waals surface area contributed by atoms with Crippen LogP contribution in [-0.2, 0) is 6.42 Å². The summed E-state index contributed by atoms with van der Waals surface area (Å²) in [6.45, 7) is 2.23. The molecule has 0 saturated carbocycles. The van der Waals surface area contributed by atoms with Crippen LogP contribution in [0, 0.1) is 29.4 Å². The minimum Gasteiger partial charge on any atom is -0.204 e. The molecule has 4 rings (SSSR count). The van der Waals surface area contributed by atoms with Gasteiger partial charge >= 0.3 is 0 Å². The fourth-order valence-corrected chi connectivity index (χ4v) is 4.75. The van der Waals surface area contributed by atoms with Crippen molar-refractivity contribution in [1.82, 2.24) is 0 Å². The van der Waals surface area contributed by atoms with E-state index in [1.54, 1.807) is 6.07 Å². The zero-order chi connectivity index (χ0) is 20.9. The lowest BCUT2D eigenvalue weighted by molar-refractivity contribution is 0.381. The summed E-state index contributed by atoms with van der Waals surface area (Å²) < 4.78 is 26.9. The minimum atomic E-state index is -0.840. The minimum absolute atomic E-state index is 0.132. The van der Waals surface area contributed by atoms with Crippen LogP contribution in [0.3, 0.4) is 0 Å². The Balaban J connectivity index is 1.69. The van der Waals surface area contributed by atoms with Gasteiger partial charge in [-0.1, -0.05) is 80.8 Å². The van der Waals surface area contributed by atoms with Gasteiger partial charge in [-0.15, -0.1) is 0 Å². The smallest absolute Gasteiger partial charge is 0.160 e. The van der Waals surface area contributed by atoms with Crippen LogP contribution < -0.4 is 0 Å². The van der Waals surface area contributed by atoms with Crippen molar-refractivity contribution in [2.45, 2.75) is 57.8 Å². The van der Waals surface area contributed by atoms with Crippen molar-refractivity contribution in [2.75, 3.05) is 0 Å². The fourth-order valence-electron chi connectivity index (χ4n) is 4.75. The summed E-state index contributed by atoms with van der Waals surface area (Å²) in [5, 5.41) is 2.59. The topological polar surface area (TPSA) is 0 Å². The molecule has 0 bridgehead atoms. The highest BCUT2D eigenvalue weighted by Gasteiger charge is 2.29. The van der Waals surface area contributed by atoms with E-state index in [0.717, 1.165) is 18.9 Å². The van der Waals surface area contributed by atoms with Crippen molar-refractivity contribution in [3.63, 3.8) is 0 Å². The molecule has 3 aromatic rings. The summed E-state index contributed by atoms with van der Waals surface area (Å²) in [6, 6.07) is 16.9. The van der Waals surface area contributed by atoms with Gasteiger partial charge in [-0.3, -0.25) is 0 Å². The number of hydrogen-bond acceptors (Lipinski definition) is 0. The van der Waals surface area contributed by atoms with Crippen molar-refractivity contribution >= 4 is 10.8 Å². The molecule has 1 aliphatic carbocycles. The van der Waals surface area contributed by atoms with E-state index >= 15 is 0 Å². The quantitative estimate of drug-likeness (QED) is 0.302. The molecular weight excluding hydrogens is 374 g/mol. The molecule has 0 spiro atoms. The zero-order valence-corrected chi connectivity index (χ0v) is 17.6. The summed E-state index contributed by atoms with van der Waals surface area (Å²) in [7, 11) is 0. The molecule has 0 N–H and O–H groups in total. The van der Waals surface area contributed by atoms with E-state index in [1.807, 2.05) is 0 Å². The molecule has 0 unspecified atom stereocenters. The van der Waals surface area contributed by atoms with E-state index < -0.39 is 11.6 Å². The van der Waals surface area contributed by atoms with E-state index in [4.69, 9.17) is 0 Å². The Labute approximate surface area is 178 Å². The van der Waals surface area contributed by atoms with Gasteiger partial charge in [0.15, 0.2) is 11.6 Å². The Bertz CT molecular complexity index is 1090. The average molecular weight is 403 g/mol. The monoisotopic (exact) mass is 402 g/mol. The first-order valence-corrected chi connectivity index (χ1v) is 11.1. The maximum atomic E-state index is 13.6. The second-order valence-corrected chi connectivity index (χ2v) is 8.38. The normalized spacial score (nSPS) is 18.0. The summed E-state index contributed by atoms with van der Waals surface area (Å²) in [6.07, 6.45) is 8.38. The molecule has 0 amide bonds. The Hall–Kier alpha value is -2.66. The van der Waals surface area contributed by atoms with E-state index in [-0.39, 0.29) is 5.92 Å². The van der Waals surface area contributed by atoms with Gasteiger partial charge in [-0.05, 0) is 65.3 Å². The number of rotatable bonds is 5. The van der Waals surface area contributed by atoms with Gasteiger partial charge < -0.3 is 0 Å². The standard InChI is InChI=1S/C28H28F2/c1-2-3-4-5-8-22-14-16-25-23-10-7-6-9-21(23)13-17-26(25)24(22)15-11-20-12-18-27(29)28(30)19-20/h6-7,9-10,12-13,17-19,22,24H,2-5,8,14,16H2,1H3/t22-,24+/m1/s1. The molecule has 0 nitrogen and oxygen atoms in total. The summed E-state index contributed by atoms with van der Waals surface area (Å²) in [5.41, 5.74) is 3.25. The van der Waals surface area contributed by atoms with Crippen LogP contribution in [0.5, 0.6) is 0 Å². The van der Waals surface area contributed by atoms with Crippen LogP contribution in [0.15, 0.2) is 54.6 Å². The molecule has 1 aliphatic rings. The maximum Gasteiger partial charge on any atom is 0.160 e. The molecular formula is C28H28F2. The number of hydrogen-bond donors (Lipinski definition) is 0. The average Bonchev–Trinajstić information content (AvgIpc) is 2.77. The largest absolute Gasteiger partial charge is 0.204 e. The van der Waals surface area contributed by atoms with Crippen LogP contribution in [0.4, 0.5) is 8.78 Å². The number of benzene rings is 3. The van der Waals surface area contributed by atoms with Crippen molar-refractivity contribution < 1.29 is 8.78 Å². The summed E-state index contributed by atoms with van der Waals surface area (Å²) in [4.78, 5) is 0. The van der Waals surface area contributed by atoms with Crippen LogP contribution in [0.2, 0.25) is 0 Å². The Morgan fingerprint density at radius 1 is 0.933 bits per heavy atom. The molecule has 3 aromatic carbocycles. The van der Waals surface area contributed by atoms with Crippen molar-refractivity contribution in [3.8, 4) is 11.8 Å². The lowest BCUT2D eigenvalue weighted by Gasteiger charge is -2.31. The Morgan fingerprint density at radius 2 is 1.80 bits per heavy atom. The third kappa shape index (κ3) is 4.41. The number of unbranched alkanes of at least 4 members (excludes halogenated alkanes) is 3. The van der Waals surface area contributed by atoms with Gasteiger partial charge in [0.1, 0.15) is 0 Å². The second-order valence-electron chi connectivity index (χ2n) is 8.38. The highest BCUT2D eigenvalue weighted by molar-refractivity contribution is 5.87. The van der Waals surface area contributed by atoms with Crippen molar-refractivity contribution in [2.24, 2.45) is 5.92 Å².